The first-order valence-corrected chi connectivity index (χ1v) is 5.87. The molecule has 0 aromatic carbocycles. The number of aromatic nitrogens is 3. The second kappa shape index (κ2) is 5.86. The zero-order chi connectivity index (χ0) is 12.1. The molecule has 1 unspecified atom stereocenters. The minimum atomic E-state index is 0.162. The second-order valence-corrected chi connectivity index (χ2v) is 5.02. The highest BCUT2D eigenvalue weighted by molar-refractivity contribution is 7.99. The van der Waals surface area contributed by atoms with Crippen LogP contribution in [0.2, 0.25) is 0 Å². The number of thioether (sulfide) groups is 1. The van der Waals surface area contributed by atoms with Crippen molar-refractivity contribution < 1.29 is 5.11 Å². The van der Waals surface area contributed by atoms with Crippen molar-refractivity contribution in [2.24, 2.45) is 0 Å². The third kappa shape index (κ3) is 3.82. The van der Waals surface area contributed by atoms with Crippen molar-refractivity contribution in [2.75, 3.05) is 31.3 Å². The minimum absolute atomic E-state index is 0.162. The van der Waals surface area contributed by atoms with Crippen LogP contribution in [0.4, 0.5) is 11.9 Å². The fraction of sp³-hybridized carbons (Fsp3) is 0.667. The molecule has 0 aliphatic carbocycles. The average Bonchev–Trinajstić information content (AvgIpc) is 2.16. The van der Waals surface area contributed by atoms with E-state index in [2.05, 4.69) is 15.0 Å². The standard InChI is InChI=1S/C9H17N5OS/c1-6(4-5-15)16-9-12-7(10)11-8(13-9)14(2)3/h6,15H,4-5H2,1-3H3,(H2,10,11,12,13). The van der Waals surface area contributed by atoms with E-state index >= 15 is 0 Å². The fourth-order valence-corrected chi connectivity index (χ4v) is 1.90. The predicted molar refractivity (Wildman–Crippen MR) is 65.6 cm³/mol. The summed E-state index contributed by atoms with van der Waals surface area (Å²) < 4.78 is 0. The summed E-state index contributed by atoms with van der Waals surface area (Å²) in [7, 11) is 3.70. The van der Waals surface area contributed by atoms with Crippen LogP contribution in [-0.4, -0.2) is 46.0 Å². The van der Waals surface area contributed by atoms with Gasteiger partial charge in [-0.25, -0.2) is 0 Å². The Labute approximate surface area is 99.3 Å². The first kappa shape index (κ1) is 13.0. The Balaban J connectivity index is 2.80. The molecule has 0 saturated carbocycles. The maximum Gasteiger partial charge on any atom is 0.230 e. The average molecular weight is 243 g/mol. The largest absolute Gasteiger partial charge is 0.396 e. The Bertz CT molecular complexity index is 347. The summed E-state index contributed by atoms with van der Waals surface area (Å²) >= 11 is 1.48. The molecule has 0 fully saturated rings. The van der Waals surface area contributed by atoms with Gasteiger partial charge in [0.25, 0.3) is 0 Å². The summed E-state index contributed by atoms with van der Waals surface area (Å²) in [5.74, 6) is 0.767. The minimum Gasteiger partial charge on any atom is -0.396 e. The van der Waals surface area contributed by atoms with Crippen LogP contribution in [0.25, 0.3) is 0 Å². The summed E-state index contributed by atoms with van der Waals surface area (Å²) in [5, 5.41) is 9.66. The number of aliphatic hydroxyl groups is 1. The molecule has 0 radical (unpaired) electrons. The van der Waals surface area contributed by atoms with Gasteiger partial charge in [-0.2, -0.15) is 15.0 Å². The van der Waals surface area contributed by atoms with Crippen molar-refractivity contribution >= 4 is 23.7 Å². The van der Waals surface area contributed by atoms with Crippen LogP contribution in [0, 0.1) is 0 Å². The number of nitrogens with two attached hydrogens (primary N) is 1. The van der Waals surface area contributed by atoms with Gasteiger partial charge in [0.15, 0.2) is 5.16 Å². The van der Waals surface area contributed by atoms with Crippen molar-refractivity contribution in [2.45, 2.75) is 23.8 Å². The lowest BCUT2D eigenvalue weighted by Crippen LogP contribution is -2.15. The maximum atomic E-state index is 8.81. The first-order valence-electron chi connectivity index (χ1n) is 4.99. The van der Waals surface area contributed by atoms with Crippen LogP contribution in [-0.2, 0) is 0 Å². The number of nitrogens with zero attached hydrogens (tertiary/aromatic N) is 4. The summed E-state index contributed by atoms with van der Waals surface area (Å²) in [5.41, 5.74) is 5.60. The van der Waals surface area contributed by atoms with Crippen molar-refractivity contribution in [1.29, 1.82) is 0 Å². The molecule has 1 aromatic rings. The Morgan fingerprint density at radius 2 is 2.06 bits per heavy atom. The number of hydrogen-bond donors (Lipinski definition) is 2. The molecule has 0 aliphatic heterocycles. The topological polar surface area (TPSA) is 88.2 Å². The summed E-state index contributed by atoms with van der Waals surface area (Å²) in [6.07, 6.45) is 0.702. The van der Waals surface area contributed by atoms with Gasteiger partial charge >= 0.3 is 0 Å². The molecule has 3 N–H and O–H groups in total. The number of hydrogen-bond acceptors (Lipinski definition) is 7. The molecule has 0 aliphatic rings. The monoisotopic (exact) mass is 243 g/mol. The number of aliphatic hydroxyl groups excluding tert-OH is 1. The molecular formula is C9H17N5OS. The van der Waals surface area contributed by atoms with Gasteiger partial charge < -0.3 is 15.7 Å². The van der Waals surface area contributed by atoms with Gasteiger partial charge in [-0.15, -0.1) is 0 Å². The van der Waals surface area contributed by atoms with Crippen molar-refractivity contribution in [3.8, 4) is 0 Å². The van der Waals surface area contributed by atoms with Gasteiger partial charge in [0.1, 0.15) is 0 Å². The summed E-state index contributed by atoms with van der Waals surface area (Å²) in [4.78, 5) is 14.1. The van der Waals surface area contributed by atoms with Crippen LogP contribution in [0.1, 0.15) is 13.3 Å². The van der Waals surface area contributed by atoms with Crippen LogP contribution in [0.5, 0.6) is 0 Å². The normalized spacial score (nSPS) is 12.5. The molecule has 6 nitrogen and oxygen atoms in total. The Morgan fingerprint density at radius 1 is 1.38 bits per heavy atom. The molecule has 0 saturated heterocycles. The quantitative estimate of drug-likeness (QED) is 0.723. The third-order valence-corrected chi connectivity index (χ3v) is 2.89. The lowest BCUT2D eigenvalue weighted by Gasteiger charge is -2.12. The zero-order valence-corrected chi connectivity index (χ0v) is 10.5. The van der Waals surface area contributed by atoms with Crippen molar-refractivity contribution in [3.05, 3.63) is 0 Å². The molecule has 0 bridgehead atoms. The van der Waals surface area contributed by atoms with Gasteiger partial charge in [-0.05, 0) is 6.42 Å². The zero-order valence-electron chi connectivity index (χ0n) is 9.71. The van der Waals surface area contributed by atoms with Crippen LogP contribution < -0.4 is 10.6 Å². The van der Waals surface area contributed by atoms with Crippen LogP contribution in [0.15, 0.2) is 5.16 Å². The highest BCUT2D eigenvalue weighted by Crippen LogP contribution is 2.23. The molecule has 90 valence electrons. The molecule has 0 spiro atoms. The van der Waals surface area contributed by atoms with Crippen LogP contribution in [0.3, 0.4) is 0 Å². The van der Waals surface area contributed by atoms with Gasteiger partial charge in [-0.3, -0.25) is 0 Å². The molecule has 1 heterocycles. The van der Waals surface area contributed by atoms with Gasteiger partial charge in [0, 0.05) is 26.0 Å². The molecule has 1 rings (SSSR count). The van der Waals surface area contributed by atoms with E-state index in [1.54, 1.807) is 4.90 Å². The van der Waals surface area contributed by atoms with Gasteiger partial charge in [0.05, 0.1) is 0 Å². The van der Waals surface area contributed by atoms with Crippen molar-refractivity contribution in [3.63, 3.8) is 0 Å². The Kier molecular flexibility index (Phi) is 4.75. The van der Waals surface area contributed by atoms with E-state index in [0.717, 1.165) is 0 Å². The fourth-order valence-electron chi connectivity index (χ4n) is 1.03. The molecule has 1 atom stereocenters. The number of anilines is 2. The smallest absolute Gasteiger partial charge is 0.230 e. The predicted octanol–water partition coefficient (Wildman–Crippen LogP) is 0.383. The SMILES string of the molecule is CC(CCO)Sc1nc(N)nc(N(C)C)n1. The van der Waals surface area contributed by atoms with E-state index in [1.807, 2.05) is 21.0 Å². The van der Waals surface area contributed by atoms with E-state index in [-0.39, 0.29) is 17.8 Å². The first-order chi connectivity index (χ1) is 7.52. The Hall–Kier alpha value is -1.08. The molecular weight excluding hydrogens is 226 g/mol. The molecule has 16 heavy (non-hydrogen) atoms. The van der Waals surface area contributed by atoms with E-state index < -0.39 is 0 Å². The van der Waals surface area contributed by atoms with E-state index in [1.165, 1.54) is 11.8 Å². The van der Waals surface area contributed by atoms with E-state index in [9.17, 15) is 0 Å². The molecule has 1 aromatic heterocycles. The van der Waals surface area contributed by atoms with E-state index in [0.29, 0.717) is 17.5 Å². The highest BCUT2D eigenvalue weighted by atomic mass is 32.2. The van der Waals surface area contributed by atoms with Gasteiger partial charge in [0.2, 0.25) is 11.9 Å². The number of rotatable bonds is 5. The van der Waals surface area contributed by atoms with Gasteiger partial charge in [-0.1, -0.05) is 18.7 Å². The van der Waals surface area contributed by atoms with E-state index in [4.69, 9.17) is 10.8 Å². The van der Waals surface area contributed by atoms with Crippen molar-refractivity contribution in [1.82, 2.24) is 15.0 Å². The molecule has 7 heteroatoms. The summed E-state index contributed by atoms with van der Waals surface area (Å²) in [6, 6.07) is 0. The molecule has 0 amide bonds. The highest BCUT2D eigenvalue weighted by Gasteiger charge is 2.10. The lowest BCUT2D eigenvalue weighted by molar-refractivity contribution is 0.289. The maximum absolute atomic E-state index is 8.81. The number of nitrogen functional groups attached to an aromatic ring is 1. The second-order valence-electron chi connectivity index (χ2n) is 3.61. The summed E-state index contributed by atoms with van der Waals surface area (Å²) in [6.45, 7) is 2.17. The lowest BCUT2D eigenvalue weighted by atomic mass is 10.4. The third-order valence-electron chi connectivity index (χ3n) is 1.86. The Morgan fingerprint density at radius 3 is 2.62 bits per heavy atom. The van der Waals surface area contributed by atoms with Crippen LogP contribution >= 0.6 is 11.8 Å².